The van der Waals surface area contributed by atoms with Crippen molar-refractivity contribution in [2.45, 2.75) is 251 Å². The molecule has 0 saturated carbocycles. The number of rotatable bonds is 44. The predicted octanol–water partition coefficient (Wildman–Crippen LogP) is 14.7. The molecule has 56 heavy (non-hydrogen) atoms. The highest BCUT2D eigenvalue weighted by molar-refractivity contribution is 7.46. The van der Waals surface area contributed by atoms with Crippen molar-refractivity contribution in [2.24, 2.45) is 0 Å². The van der Waals surface area contributed by atoms with Gasteiger partial charge in [0.05, 0.1) is 6.61 Å². The molecular weight excluding hydrogens is 723 g/mol. The molecule has 0 spiro atoms. The van der Waals surface area contributed by atoms with Gasteiger partial charge in [0, 0.05) is 12.8 Å². The van der Waals surface area contributed by atoms with Crippen LogP contribution in [-0.4, -0.2) is 41.0 Å². The Morgan fingerprint density at radius 2 is 0.768 bits per heavy atom. The number of carbonyl (C=O) groups excluding carboxylic acids is 2. The minimum Gasteiger partial charge on any atom is -0.462 e. The molecule has 0 aliphatic carbocycles. The van der Waals surface area contributed by atoms with Gasteiger partial charge in [-0.3, -0.25) is 14.1 Å². The fraction of sp³-hybridized carbons (Fsp3) is 0.872. The molecule has 2 N–H and O–H groups in total. The van der Waals surface area contributed by atoms with Crippen LogP contribution in [0, 0.1) is 0 Å². The number of unbranched alkanes of at least 4 members (excludes halogenated alkanes) is 30. The fourth-order valence-corrected chi connectivity index (χ4v) is 7.26. The Kier molecular flexibility index (Phi) is 42.0. The lowest BCUT2D eigenvalue weighted by Gasteiger charge is -2.18. The molecule has 0 aliphatic rings. The van der Waals surface area contributed by atoms with Crippen LogP contribution in [0.1, 0.15) is 245 Å². The summed E-state index contributed by atoms with van der Waals surface area (Å²) in [5, 5.41) is 0. The van der Waals surface area contributed by atoms with E-state index in [2.05, 4.69) is 42.7 Å². The highest BCUT2D eigenvalue weighted by Crippen LogP contribution is 2.36. The average Bonchev–Trinajstić information content (AvgIpc) is 3.17. The molecule has 0 rings (SSSR count). The van der Waals surface area contributed by atoms with Crippen molar-refractivity contribution in [3.8, 4) is 0 Å². The minimum atomic E-state index is -4.76. The number of hydrogen-bond acceptors (Lipinski definition) is 6. The summed E-state index contributed by atoms with van der Waals surface area (Å²) in [6.45, 7) is 3.68. The second-order valence-electron chi connectivity index (χ2n) is 16.1. The summed E-state index contributed by atoms with van der Waals surface area (Å²) in [4.78, 5) is 42.9. The summed E-state index contributed by atoms with van der Waals surface area (Å²) in [6, 6.07) is 0. The Balaban J connectivity index is 3.85. The van der Waals surface area contributed by atoms with Gasteiger partial charge in [-0.1, -0.05) is 199 Å². The first-order valence-corrected chi connectivity index (χ1v) is 25.2. The van der Waals surface area contributed by atoms with Crippen molar-refractivity contribution >= 4 is 19.8 Å². The van der Waals surface area contributed by atoms with Crippen molar-refractivity contribution in [3.63, 3.8) is 0 Å². The maximum atomic E-state index is 12.4. The summed E-state index contributed by atoms with van der Waals surface area (Å²) >= 11 is 0. The van der Waals surface area contributed by atoms with E-state index in [0.717, 1.165) is 32.1 Å². The largest absolute Gasteiger partial charge is 0.469 e. The number of phosphoric ester groups is 1. The zero-order chi connectivity index (χ0) is 41.1. The molecule has 0 unspecified atom stereocenters. The van der Waals surface area contributed by atoms with Gasteiger partial charge in [-0.25, -0.2) is 4.57 Å². The van der Waals surface area contributed by atoms with E-state index < -0.39 is 32.5 Å². The van der Waals surface area contributed by atoms with E-state index in [4.69, 9.17) is 19.3 Å². The summed E-state index contributed by atoms with van der Waals surface area (Å²) in [6.07, 6.45) is 50.7. The normalized spacial score (nSPS) is 12.6. The lowest BCUT2D eigenvalue weighted by molar-refractivity contribution is -0.161. The van der Waals surface area contributed by atoms with Crippen LogP contribution in [0.3, 0.4) is 0 Å². The van der Waals surface area contributed by atoms with Crippen LogP contribution in [0.25, 0.3) is 0 Å². The third kappa shape index (κ3) is 45.2. The Hall–Kier alpha value is -1.47. The molecule has 0 fully saturated rings. The quantitative estimate of drug-likeness (QED) is 0.0270. The summed E-state index contributed by atoms with van der Waals surface area (Å²) in [5.41, 5.74) is 0. The maximum Gasteiger partial charge on any atom is 0.469 e. The van der Waals surface area contributed by atoms with Gasteiger partial charge in [0.1, 0.15) is 6.61 Å². The molecule has 0 aromatic heterocycles. The standard InChI is InChI=1S/C47H89O8P/c1-3-5-7-9-11-13-15-17-19-20-21-22-23-24-25-26-28-29-31-33-35-37-39-41-46(48)53-43-45(44-54-56(50,51)52)55-47(49)42-40-38-36-34-32-30-27-18-16-14-12-10-8-6-4-2/h32-35,45H,3-31,36-44H2,1-2H3,(H2,50,51,52)/b34-32+,35-33+/t45-/m1/s1. The van der Waals surface area contributed by atoms with E-state index in [1.165, 1.54) is 173 Å². The van der Waals surface area contributed by atoms with Gasteiger partial charge in [-0.05, 0) is 57.8 Å². The molecule has 0 amide bonds. The van der Waals surface area contributed by atoms with Gasteiger partial charge in [0.15, 0.2) is 6.10 Å². The van der Waals surface area contributed by atoms with Gasteiger partial charge in [0.2, 0.25) is 0 Å². The van der Waals surface area contributed by atoms with E-state index >= 15 is 0 Å². The van der Waals surface area contributed by atoms with E-state index in [1.807, 2.05) is 0 Å². The molecule has 0 heterocycles. The second kappa shape index (κ2) is 43.1. The first kappa shape index (κ1) is 54.5. The zero-order valence-corrected chi connectivity index (χ0v) is 37.4. The number of hydrogen-bond donors (Lipinski definition) is 2. The number of esters is 2. The number of allylic oxidation sites excluding steroid dienone is 4. The molecule has 0 aromatic rings. The summed E-state index contributed by atoms with van der Waals surface area (Å²) in [5.74, 6) is -0.938. The van der Waals surface area contributed by atoms with E-state index in [-0.39, 0.29) is 19.4 Å². The monoisotopic (exact) mass is 813 g/mol. The predicted molar refractivity (Wildman–Crippen MR) is 235 cm³/mol. The minimum absolute atomic E-state index is 0.179. The Bertz CT molecular complexity index is 962. The van der Waals surface area contributed by atoms with E-state index in [9.17, 15) is 14.2 Å². The molecule has 8 nitrogen and oxygen atoms in total. The molecule has 0 bridgehead atoms. The highest BCUT2D eigenvalue weighted by Gasteiger charge is 2.22. The zero-order valence-electron chi connectivity index (χ0n) is 36.5. The molecule has 0 aliphatic heterocycles. The number of phosphoric acid groups is 1. The molecule has 0 saturated heterocycles. The van der Waals surface area contributed by atoms with E-state index in [1.54, 1.807) is 0 Å². The van der Waals surface area contributed by atoms with Crippen LogP contribution in [0.15, 0.2) is 24.3 Å². The van der Waals surface area contributed by atoms with E-state index in [0.29, 0.717) is 12.8 Å². The number of ether oxygens (including phenoxy) is 2. The topological polar surface area (TPSA) is 119 Å². The number of carbonyl (C=O) groups is 2. The fourth-order valence-electron chi connectivity index (χ4n) is 6.90. The van der Waals surface area contributed by atoms with Crippen molar-refractivity contribution in [3.05, 3.63) is 24.3 Å². The maximum absolute atomic E-state index is 12.4. The van der Waals surface area contributed by atoms with Crippen LogP contribution < -0.4 is 0 Å². The van der Waals surface area contributed by atoms with Crippen LogP contribution in [0.4, 0.5) is 0 Å². The average molecular weight is 813 g/mol. The summed E-state index contributed by atoms with van der Waals surface area (Å²) in [7, 11) is -4.76. The SMILES string of the molecule is CCCCCCCCCCC/C=C/CCCCC(=O)O[C@H](COC(=O)CCC/C=C/CCCCCCCCCCCCCCCCCCCC)COP(=O)(O)O. The van der Waals surface area contributed by atoms with Gasteiger partial charge < -0.3 is 19.3 Å². The third-order valence-corrected chi connectivity index (χ3v) is 10.9. The highest BCUT2D eigenvalue weighted by atomic mass is 31.2. The van der Waals surface area contributed by atoms with Crippen LogP contribution in [-0.2, 0) is 28.2 Å². The Morgan fingerprint density at radius 1 is 0.446 bits per heavy atom. The Labute approximate surface area is 345 Å². The van der Waals surface area contributed by atoms with Gasteiger partial charge in [-0.15, -0.1) is 0 Å². The van der Waals surface area contributed by atoms with Crippen molar-refractivity contribution < 1.29 is 37.9 Å². The lowest BCUT2D eigenvalue weighted by atomic mass is 10.0. The Morgan fingerprint density at radius 3 is 1.14 bits per heavy atom. The molecule has 9 heteroatoms. The van der Waals surface area contributed by atoms with Crippen LogP contribution in [0.5, 0.6) is 0 Å². The summed E-state index contributed by atoms with van der Waals surface area (Å²) < 4.78 is 26.4. The van der Waals surface area contributed by atoms with Crippen LogP contribution in [0.2, 0.25) is 0 Å². The lowest BCUT2D eigenvalue weighted by Crippen LogP contribution is -2.29. The first-order valence-electron chi connectivity index (χ1n) is 23.6. The van der Waals surface area contributed by atoms with Gasteiger partial charge in [0.25, 0.3) is 0 Å². The van der Waals surface area contributed by atoms with Gasteiger partial charge in [-0.2, -0.15) is 0 Å². The molecule has 0 radical (unpaired) electrons. The molecular formula is C47H89O8P. The molecule has 1 atom stereocenters. The van der Waals surface area contributed by atoms with Gasteiger partial charge >= 0.3 is 19.8 Å². The molecule has 0 aromatic carbocycles. The second-order valence-corrected chi connectivity index (χ2v) is 17.3. The van der Waals surface area contributed by atoms with Crippen molar-refractivity contribution in [1.29, 1.82) is 0 Å². The van der Waals surface area contributed by atoms with Crippen molar-refractivity contribution in [1.82, 2.24) is 0 Å². The third-order valence-electron chi connectivity index (χ3n) is 10.4. The smallest absolute Gasteiger partial charge is 0.462 e. The molecule has 330 valence electrons. The first-order chi connectivity index (χ1) is 27.3. The van der Waals surface area contributed by atoms with Crippen LogP contribution >= 0.6 is 7.82 Å². The van der Waals surface area contributed by atoms with Crippen molar-refractivity contribution in [2.75, 3.05) is 13.2 Å².